The molecule has 1 heterocycles. The number of carbonyl (C=O) groups excluding carboxylic acids is 1. The summed E-state index contributed by atoms with van der Waals surface area (Å²) in [4.78, 5) is 25.6. The van der Waals surface area contributed by atoms with Gasteiger partial charge in [0.05, 0.1) is 12.2 Å². The number of primary amides is 1. The van der Waals surface area contributed by atoms with Crippen LogP contribution in [0.1, 0.15) is 6.92 Å². The number of nitrogens with zero attached hydrogens (tertiary/aromatic N) is 2. The van der Waals surface area contributed by atoms with E-state index in [-0.39, 0.29) is 18.0 Å². The largest absolute Gasteiger partial charge is 0.369 e. The predicted molar refractivity (Wildman–Crippen MR) is 46.9 cm³/mol. The molecule has 13 heavy (non-hydrogen) atoms. The molecule has 2 N–H and O–H groups in total. The number of hydrogen-bond donors (Lipinski definition) is 1. The van der Waals surface area contributed by atoms with Crippen molar-refractivity contribution >= 4 is 5.91 Å². The Morgan fingerprint density at radius 3 is 3.00 bits per heavy atom. The van der Waals surface area contributed by atoms with Crippen LogP contribution in [0.3, 0.4) is 0 Å². The second-order valence-electron chi connectivity index (χ2n) is 2.87. The van der Waals surface area contributed by atoms with Crippen molar-refractivity contribution in [1.29, 1.82) is 0 Å². The first-order valence-corrected chi connectivity index (χ1v) is 3.91. The van der Waals surface area contributed by atoms with Crippen molar-refractivity contribution in [2.75, 3.05) is 0 Å². The first-order chi connectivity index (χ1) is 6.11. The summed E-state index contributed by atoms with van der Waals surface area (Å²) in [6.07, 6.45) is 2.80. The average molecular weight is 181 g/mol. The third-order valence-electron chi connectivity index (χ3n) is 1.75. The normalized spacial score (nSPS) is 12.4. The van der Waals surface area contributed by atoms with Crippen molar-refractivity contribution in [2.24, 2.45) is 11.7 Å². The number of nitrogens with two attached hydrogens (primary N) is 1. The number of rotatable bonds is 3. The molecule has 70 valence electrons. The molecule has 0 aliphatic carbocycles. The van der Waals surface area contributed by atoms with E-state index in [9.17, 15) is 9.59 Å². The van der Waals surface area contributed by atoms with Crippen molar-refractivity contribution in [3.63, 3.8) is 0 Å². The Labute approximate surface area is 75.2 Å². The van der Waals surface area contributed by atoms with Gasteiger partial charge in [0.1, 0.15) is 0 Å². The van der Waals surface area contributed by atoms with Crippen LogP contribution in [-0.2, 0) is 11.3 Å². The molecule has 5 nitrogen and oxygen atoms in total. The van der Waals surface area contributed by atoms with Crippen LogP contribution < -0.4 is 11.3 Å². The summed E-state index contributed by atoms with van der Waals surface area (Å²) in [6.45, 7) is 1.95. The molecule has 0 saturated heterocycles. The number of aromatic nitrogens is 2. The quantitative estimate of drug-likeness (QED) is 0.674. The maximum atomic E-state index is 11.1. The van der Waals surface area contributed by atoms with Gasteiger partial charge in [0.2, 0.25) is 5.91 Å². The van der Waals surface area contributed by atoms with Crippen molar-refractivity contribution in [1.82, 2.24) is 9.55 Å². The fourth-order valence-electron chi connectivity index (χ4n) is 0.901. The lowest BCUT2D eigenvalue weighted by molar-refractivity contribution is -0.121. The Morgan fingerprint density at radius 2 is 2.46 bits per heavy atom. The van der Waals surface area contributed by atoms with Gasteiger partial charge in [-0.3, -0.25) is 14.2 Å². The van der Waals surface area contributed by atoms with E-state index in [1.165, 1.54) is 23.2 Å². The lowest BCUT2D eigenvalue weighted by atomic mass is 10.2. The second-order valence-corrected chi connectivity index (χ2v) is 2.87. The van der Waals surface area contributed by atoms with Crippen LogP contribution in [0.25, 0.3) is 0 Å². The zero-order valence-electron chi connectivity index (χ0n) is 7.30. The van der Waals surface area contributed by atoms with Crippen molar-refractivity contribution in [3.8, 4) is 0 Å². The van der Waals surface area contributed by atoms with Gasteiger partial charge in [0.25, 0.3) is 5.56 Å². The summed E-state index contributed by atoms with van der Waals surface area (Å²) in [7, 11) is 0. The van der Waals surface area contributed by atoms with E-state index < -0.39 is 5.91 Å². The van der Waals surface area contributed by atoms with Gasteiger partial charge in [-0.15, -0.1) is 0 Å². The molecule has 0 spiro atoms. The summed E-state index contributed by atoms with van der Waals surface area (Å²) in [5.74, 6) is -0.780. The molecular weight excluding hydrogens is 170 g/mol. The first kappa shape index (κ1) is 9.44. The Balaban J connectivity index is 2.81. The smallest absolute Gasteiger partial charge is 0.253 e. The zero-order chi connectivity index (χ0) is 9.84. The third-order valence-corrected chi connectivity index (χ3v) is 1.75. The average Bonchev–Trinajstić information content (AvgIpc) is 2.08. The molecular formula is C8H11N3O2. The van der Waals surface area contributed by atoms with Crippen molar-refractivity contribution < 1.29 is 4.79 Å². The number of carbonyl (C=O) groups is 1. The molecule has 0 aliphatic heterocycles. The Kier molecular flexibility index (Phi) is 2.79. The van der Waals surface area contributed by atoms with Crippen LogP contribution in [0.15, 0.2) is 23.4 Å². The fourth-order valence-corrected chi connectivity index (χ4v) is 0.901. The monoisotopic (exact) mass is 181 g/mol. The van der Waals surface area contributed by atoms with Gasteiger partial charge in [-0.05, 0) is 0 Å². The number of amides is 1. The van der Waals surface area contributed by atoms with E-state index in [2.05, 4.69) is 4.98 Å². The summed E-state index contributed by atoms with van der Waals surface area (Å²) in [5.41, 5.74) is 4.88. The topological polar surface area (TPSA) is 78.0 Å². The van der Waals surface area contributed by atoms with E-state index in [0.717, 1.165) is 0 Å². The third kappa shape index (κ3) is 2.40. The van der Waals surface area contributed by atoms with Gasteiger partial charge in [0.15, 0.2) is 0 Å². The maximum absolute atomic E-state index is 11.1. The Morgan fingerprint density at radius 1 is 1.77 bits per heavy atom. The molecule has 1 amide bonds. The lowest BCUT2D eigenvalue weighted by Gasteiger charge is -2.08. The van der Waals surface area contributed by atoms with Gasteiger partial charge in [-0.2, -0.15) is 0 Å². The van der Waals surface area contributed by atoms with Crippen LogP contribution in [0, 0.1) is 5.92 Å². The number of hydrogen-bond acceptors (Lipinski definition) is 3. The summed E-state index contributed by atoms with van der Waals surface area (Å²) in [5, 5.41) is 0. The predicted octanol–water partition coefficient (Wildman–Crippen LogP) is -0.635. The van der Waals surface area contributed by atoms with Crippen molar-refractivity contribution in [2.45, 2.75) is 13.5 Å². The highest BCUT2D eigenvalue weighted by Crippen LogP contribution is 1.95. The molecule has 0 radical (unpaired) electrons. The summed E-state index contributed by atoms with van der Waals surface area (Å²) >= 11 is 0. The van der Waals surface area contributed by atoms with Crippen LogP contribution >= 0.6 is 0 Å². The van der Waals surface area contributed by atoms with Crippen LogP contribution in [0.5, 0.6) is 0 Å². The highest BCUT2D eigenvalue weighted by atomic mass is 16.1. The minimum absolute atomic E-state index is 0.178. The minimum atomic E-state index is -0.421. The Hall–Kier alpha value is -1.65. The minimum Gasteiger partial charge on any atom is -0.369 e. The summed E-state index contributed by atoms with van der Waals surface area (Å²) in [6, 6.07) is 1.34. The molecule has 0 aromatic carbocycles. The standard InChI is InChI=1S/C8H11N3O2/c1-6(8(9)13)4-11-5-10-3-2-7(11)12/h2-3,5-6H,4H2,1H3,(H2,9,13). The molecule has 1 aromatic heterocycles. The van der Waals surface area contributed by atoms with Gasteiger partial charge in [-0.1, -0.05) is 6.92 Å². The van der Waals surface area contributed by atoms with Gasteiger partial charge < -0.3 is 5.73 Å². The van der Waals surface area contributed by atoms with Crippen LogP contribution in [0.2, 0.25) is 0 Å². The highest BCUT2D eigenvalue weighted by Gasteiger charge is 2.09. The van der Waals surface area contributed by atoms with Gasteiger partial charge >= 0.3 is 0 Å². The van der Waals surface area contributed by atoms with Gasteiger partial charge in [-0.25, -0.2) is 4.98 Å². The molecule has 0 fully saturated rings. The van der Waals surface area contributed by atoms with E-state index in [0.29, 0.717) is 0 Å². The molecule has 0 bridgehead atoms. The van der Waals surface area contributed by atoms with E-state index in [4.69, 9.17) is 5.73 Å². The van der Waals surface area contributed by atoms with Crippen molar-refractivity contribution in [3.05, 3.63) is 28.9 Å². The SMILES string of the molecule is CC(Cn1cnccc1=O)C(N)=O. The molecule has 1 aromatic rings. The fraction of sp³-hybridized carbons (Fsp3) is 0.375. The van der Waals surface area contributed by atoms with E-state index in [1.54, 1.807) is 6.92 Å². The molecule has 5 heteroatoms. The highest BCUT2D eigenvalue weighted by molar-refractivity contribution is 5.76. The van der Waals surface area contributed by atoms with Crippen LogP contribution in [0.4, 0.5) is 0 Å². The molecule has 1 rings (SSSR count). The Bertz CT molecular complexity index is 358. The lowest BCUT2D eigenvalue weighted by Crippen LogP contribution is -2.29. The molecule has 0 saturated carbocycles. The maximum Gasteiger partial charge on any atom is 0.253 e. The zero-order valence-corrected chi connectivity index (χ0v) is 7.30. The van der Waals surface area contributed by atoms with Crippen LogP contribution in [-0.4, -0.2) is 15.5 Å². The first-order valence-electron chi connectivity index (χ1n) is 3.91. The molecule has 0 aliphatic rings. The molecule has 1 unspecified atom stereocenters. The summed E-state index contributed by atoms with van der Waals surface area (Å²) < 4.78 is 1.36. The van der Waals surface area contributed by atoms with E-state index in [1.807, 2.05) is 0 Å². The molecule has 1 atom stereocenters. The van der Waals surface area contributed by atoms with Gasteiger partial charge in [0, 0.05) is 18.8 Å². The second kappa shape index (κ2) is 3.84. The van der Waals surface area contributed by atoms with E-state index >= 15 is 0 Å².